The van der Waals surface area contributed by atoms with Crippen LogP contribution in [0, 0.1) is 11.2 Å². The quantitative estimate of drug-likeness (QED) is 0.806. The number of hydrogen-bond acceptors (Lipinski definition) is 3. The minimum atomic E-state index is -3.98. The maximum atomic E-state index is 13.6. The molecule has 0 unspecified atom stereocenters. The van der Waals surface area contributed by atoms with E-state index in [1.807, 2.05) is 0 Å². The Bertz CT molecular complexity index is 872. The van der Waals surface area contributed by atoms with E-state index in [2.05, 4.69) is 4.72 Å². The third-order valence-corrected chi connectivity index (χ3v) is 4.91. The van der Waals surface area contributed by atoms with Crippen LogP contribution in [0.5, 0.6) is 0 Å². The Balaban J connectivity index is 2.47. The molecule has 0 aliphatic carbocycles. The summed E-state index contributed by atoms with van der Waals surface area (Å²) in [6.07, 6.45) is 0. The van der Waals surface area contributed by atoms with Crippen LogP contribution in [-0.4, -0.2) is 14.2 Å². The van der Waals surface area contributed by atoms with E-state index < -0.39 is 21.3 Å². The second-order valence-corrected chi connectivity index (χ2v) is 8.45. The first-order chi connectivity index (χ1) is 11.0. The highest BCUT2D eigenvalue weighted by molar-refractivity contribution is 7.92. The summed E-state index contributed by atoms with van der Waals surface area (Å²) < 4.78 is 40.8. The zero-order valence-corrected chi connectivity index (χ0v) is 15.0. The predicted molar refractivity (Wildman–Crippen MR) is 92.4 cm³/mol. The number of halogens is 2. The van der Waals surface area contributed by atoms with E-state index in [1.54, 1.807) is 20.8 Å². The van der Waals surface area contributed by atoms with Crippen molar-refractivity contribution < 1.29 is 17.6 Å². The van der Waals surface area contributed by atoms with E-state index in [4.69, 9.17) is 11.6 Å². The molecule has 0 saturated heterocycles. The molecule has 2 rings (SSSR count). The number of carbonyl (C=O) groups is 1. The van der Waals surface area contributed by atoms with Gasteiger partial charge in [0.1, 0.15) is 5.82 Å². The van der Waals surface area contributed by atoms with E-state index in [1.165, 1.54) is 30.3 Å². The van der Waals surface area contributed by atoms with Crippen molar-refractivity contribution in [1.29, 1.82) is 0 Å². The van der Waals surface area contributed by atoms with Crippen molar-refractivity contribution in [3.63, 3.8) is 0 Å². The third kappa shape index (κ3) is 4.13. The lowest BCUT2D eigenvalue weighted by atomic mass is 9.86. The Hall–Kier alpha value is -1.92. The fourth-order valence-corrected chi connectivity index (χ4v) is 3.22. The number of rotatable bonds is 4. The molecule has 0 saturated carbocycles. The first kappa shape index (κ1) is 18.4. The van der Waals surface area contributed by atoms with Crippen LogP contribution < -0.4 is 4.72 Å². The zero-order valence-electron chi connectivity index (χ0n) is 13.4. The number of hydrogen-bond donors (Lipinski definition) is 1. The van der Waals surface area contributed by atoms with Gasteiger partial charge in [0.2, 0.25) is 0 Å². The summed E-state index contributed by atoms with van der Waals surface area (Å²) in [4.78, 5) is 12.5. The van der Waals surface area contributed by atoms with Crippen molar-refractivity contribution >= 4 is 33.1 Å². The molecule has 0 aliphatic rings. The van der Waals surface area contributed by atoms with Gasteiger partial charge in [-0.2, -0.15) is 0 Å². The van der Waals surface area contributed by atoms with Gasteiger partial charge in [0.25, 0.3) is 10.0 Å². The van der Waals surface area contributed by atoms with Gasteiger partial charge < -0.3 is 0 Å². The zero-order chi connectivity index (χ0) is 18.1. The fourth-order valence-electron chi connectivity index (χ4n) is 2.02. The third-order valence-electron chi connectivity index (χ3n) is 3.28. The summed E-state index contributed by atoms with van der Waals surface area (Å²) in [6, 6.07) is 8.92. The lowest BCUT2D eigenvalue weighted by Gasteiger charge is -2.19. The second-order valence-electron chi connectivity index (χ2n) is 6.33. The van der Waals surface area contributed by atoms with Gasteiger partial charge in [0.05, 0.1) is 10.6 Å². The van der Waals surface area contributed by atoms with Crippen molar-refractivity contribution in [2.75, 3.05) is 4.72 Å². The standard InChI is InChI=1S/C17H17ClFNO3S/c1-17(2,3)16(21)14-9-6-12(19)10-15(14)20-24(22,23)13-7-4-11(18)5-8-13/h4-10,20H,1-3H3. The molecule has 1 N–H and O–H groups in total. The average molecular weight is 370 g/mol. The molecular formula is C17H17ClFNO3S. The van der Waals surface area contributed by atoms with Gasteiger partial charge in [-0.1, -0.05) is 32.4 Å². The van der Waals surface area contributed by atoms with Crippen LogP contribution in [0.2, 0.25) is 5.02 Å². The first-order valence-corrected chi connectivity index (χ1v) is 8.99. The number of Topliss-reactive ketones (excluding diaryl/α,β-unsaturated/α-hetero) is 1. The molecule has 24 heavy (non-hydrogen) atoms. The summed E-state index contributed by atoms with van der Waals surface area (Å²) in [6.45, 7) is 5.11. The van der Waals surface area contributed by atoms with Gasteiger partial charge in [0, 0.05) is 16.0 Å². The van der Waals surface area contributed by atoms with E-state index >= 15 is 0 Å². The molecular weight excluding hydrogens is 353 g/mol. The number of carbonyl (C=O) groups excluding carboxylic acids is 1. The summed E-state index contributed by atoms with van der Waals surface area (Å²) >= 11 is 5.75. The summed E-state index contributed by atoms with van der Waals surface area (Å²) in [5.41, 5.74) is -0.718. The molecule has 128 valence electrons. The summed E-state index contributed by atoms with van der Waals surface area (Å²) in [7, 11) is -3.98. The van der Waals surface area contributed by atoms with Gasteiger partial charge in [-0.05, 0) is 42.5 Å². The second kappa shape index (κ2) is 6.53. The van der Waals surface area contributed by atoms with Gasteiger partial charge >= 0.3 is 0 Å². The number of ketones is 1. The largest absolute Gasteiger partial charge is 0.294 e. The predicted octanol–water partition coefficient (Wildman–Crippen LogP) is 4.51. The van der Waals surface area contributed by atoms with Crippen molar-refractivity contribution in [1.82, 2.24) is 0 Å². The molecule has 0 heterocycles. The van der Waals surface area contributed by atoms with Gasteiger partial charge in [0.15, 0.2) is 5.78 Å². The van der Waals surface area contributed by atoms with E-state index in [-0.39, 0.29) is 21.9 Å². The van der Waals surface area contributed by atoms with Crippen LogP contribution in [0.15, 0.2) is 47.4 Å². The van der Waals surface area contributed by atoms with Crippen LogP contribution >= 0.6 is 11.6 Å². The van der Waals surface area contributed by atoms with Crippen molar-refractivity contribution in [2.45, 2.75) is 25.7 Å². The number of benzene rings is 2. The van der Waals surface area contributed by atoms with Crippen LogP contribution in [0.4, 0.5) is 10.1 Å². The maximum Gasteiger partial charge on any atom is 0.261 e. The van der Waals surface area contributed by atoms with E-state index in [0.29, 0.717) is 5.02 Å². The summed E-state index contributed by atoms with van der Waals surface area (Å²) in [5, 5.41) is 0.392. The average Bonchev–Trinajstić information content (AvgIpc) is 2.46. The van der Waals surface area contributed by atoms with Crippen LogP contribution in [0.3, 0.4) is 0 Å². The molecule has 0 atom stereocenters. The SMILES string of the molecule is CC(C)(C)C(=O)c1ccc(F)cc1NS(=O)(=O)c1ccc(Cl)cc1. The van der Waals surface area contributed by atoms with Crippen molar-refractivity contribution in [3.8, 4) is 0 Å². The Morgan fingerprint density at radius 1 is 1.08 bits per heavy atom. The smallest absolute Gasteiger partial charge is 0.261 e. The highest BCUT2D eigenvalue weighted by Gasteiger charge is 2.27. The Morgan fingerprint density at radius 3 is 2.21 bits per heavy atom. The number of anilines is 1. The van der Waals surface area contributed by atoms with Gasteiger partial charge in [-0.15, -0.1) is 0 Å². The van der Waals surface area contributed by atoms with Crippen molar-refractivity contribution in [2.24, 2.45) is 5.41 Å². The Labute approximate surface area is 145 Å². The number of nitrogens with one attached hydrogen (secondary N) is 1. The van der Waals surface area contributed by atoms with Crippen LogP contribution in [-0.2, 0) is 10.0 Å². The maximum absolute atomic E-state index is 13.6. The molecule has 4 nitrogen and oxygen atoms in total. The summed E-state index contributed by atoms with van der Waals surface area (Å²) in [5.74, 6) is -0.939. The molecule has 0 amide bonds. The van der Waals surface area contributed by atoms with Gasteiger partial charge in [-0.25, -0.2) is 12.8 Å². The molecule has 0 fully saturated rings. The highest BCUT2D eigenvalue weighted by Crippen LogP contribution is 2.28. The van der Waals surface area contributed by atoms with Crippen LogP contribution in [0.1, 0.15) is 31.1 Å². The van der Waals surface area contributed by atoms with E-state index in [0.717, 1.165) is 12.1 Å². The molecule has 0 bridgehead atoms. The molecule has 7 heteroatoms. The fraction of sp³-hybridized carbons (Fsp3) is 0.235. The van der Waals surface area contributed by atoms with Crippen molar-refractivity contribution in [3.05, 3.63) is 58.9 Å². The highest BCUT2D eigenvalue weighted by atomic mass is 35.5. The molecule has 2 aromatic rings. The Kier molecular flexibility index (Phi) is 5.01. The first-order valence-electron chi connectivity index (χ1n) is 7.13. The topological polar surface area (TPSA) is 63.2 Å². The van der Waals surface area contributed by atoms with Gasteiger partial charge in [-0.3, -0.25) is 9.52 Å². The lowest BCUT2D eigenvalue weighted by Crippen LogP contribution is -2.23. The molecule has 0 aliphatic heterocycles. The number of sulfonamides is 1. The minimum Gasteiger partial charge on any atom is -0.294 e. The molecule has 2 aromatic carbocycles. The van der Waals surface area contributed by atoms with E-state index in [9.17, 15) is 17.6 Å². The monoisotopic (exact) mass is 369 g/mol. The molecule has 0 radical (unpaired) electrons. The lowest BCUT2D eigenvalue weighted by molar-refractivity contribution is 0.0859. The Morgan fingerprint density at radius 2 is 1.67 bits per heavy atom. The molecule has 0 aromatic heterocycles. The normalized spacial score (nSPS) is 12.0. The molecule has 0 spiro atoms. The minimum absolute atomic E-state index is 0.0367. The van der Waals surface area contributed by atoms with Crippen LogP contribution in [0.25, 0.3) is 0 Å².